The molecule has 0 saturated carbocycles. The van der Waals surface area contributed by atoms with E-state index in [0.29, 0.717) is 32.1 Å². The van der Waals surface area contributed by atoms with E-state index >= 15 is 0 Å². The van der Waals surface area contributed by atoms with Crippen LogP contribution in [0, 0.1) is 6.92 Å². The smallest absolute Gasteiger partial charge is 0.232 e. The highest BCUT2D eigenvalue weighted by Gasteiger charge is 2.19. The van der Waals surface area contributed by atoms with Crippen molar-refractivity contribution in [3.05, 3.63) is 59.2 Å². The highest BCUT2D eigenvalue weighted by molar-refractivity contribution is 7.99. The summed E-state index contributed by atoms with van der Waals surface area (Å²) in [7, 11) is 0. The zero-order valence-electron chi connectivity index (χ0n) is 15.4. The van der Waals surface area contributed by atoms with Gasteiger partial charge in [-0.2, -0.15) is 0 Å². The first-order valence-corrected chi connectivity index (χ1v) is 10.1. The minimum absolute atomic E-state index is 0.152. The summed E-state index contributed by atoms with van der Waals surface area (Å²) in [4.78, 5) is 14.5. The van der Waals surface area contributed by atoms with Gasteiger partial charge in [0.05, 0.1) is 5.75 Å². The first-order chi connectivity index (χ1) is 12.7. The molecule has 0 fully saturated rings. The summed E-state index contributed by atoms with van der Waals surface area (Å²) < 4.78 is 11.4. The number of benzene rings is 2. The van der Waals surface area contributed by atoms with Crippen LogP contribution in [-0.4, -0.2) is 36.3 Å². The van der Waals surface area contributed by atoms with Gasteiger partial charge in [0.1, 0.15) is 13.2 Å². The molecule has 138 valence electrons. The van der Waals surface area contributed by atoms with Gasteiger partial charge in [-0.25, -0.2) is 0 Å². The Morgan fingerprint density at radius 3 is 2.77 bits per heavy atom. The third kappa shape index (κ3) is 4.73. The summed E-state index contributed by atoms with van der Waals surface area (Å²) in [6, 6.07) is 14.3. The van der Waals surface area contributed by atoms with Gasteiger partial charge < -0.3 is 14.4 Å². The van der Waals surface area contributed by atoms with E-state index in [9.17, 15) is 4.79 Å². The molecule has 0 bridgehead atoms. The Labute approximate surface area is 159 Å². The van der Waals surface area contributed by atoms with Crippen LogP contribution in [0.25, 0.3) is 0 Å². The van der Waals surface area contributed by atoms with Crippen LogP contribution in [0.2, 0.25) is 0 Å². The van der Waals surface area contributed by atoms with Crippen LogP contribution in [0.15, 0.2) is 42.5 Å². The van der Waals surface area contributed by atoms with Gasteiger partial charge in [0.15, 0.2) is 11.5 Å². The van der Waals surface area contributed by atoms with E-state index in [-0.39, 0.29) is 5.91 Å². The van der Waals surface area contributed by atoms with E-state index in [4.69, 9.17) is 9.47 Å². The van der Waals surface area contributed by atoms with Crippen LogP contribution in [0.3, 0.4) is 0 Å². The fraction of sp³-hybridized carbons (Fsp3) is 0.381. The Hall–Kier alpha value is -2.14. The van der Waals surface area contributed by atoms with Crippen molar-refractivity contribution in [1.29, 1.82) is 0 Å². The second-order valence-electron chi connectivity index (χ2n) is 6.33. The van der Waals surface area contributed by atoms with Gasteiger partial charge in [-0.05, 0) is 25.5 Å². The maximum atomic E-state index is 12.6. The molecule has 0 radical (unpaired) electrons. The van der Waals surface area contributed by atoms with Crippen LogP contribution < -0.4 is 9.47 Å². The monoisotopic (exact) mass is 371 g/mol. The second-order valence-corrected chi connectivity index (χ2v) is 7.32. The van der Waals surface area contributed by atoms with Crippen molar-refractivity contribution in [2.45, 2.75) is 26.1 Å². The molecule has 4 nitrogen and oxygen atoms in total. The predicted molar refractivity (Wildman–Crippen MR) is 106 cm³/mol. The molecule has 1 aliphatic heterocycles. The highest BCUT2D eigenvalue weighted by atomic mass is 32.2. The van der Waals surface area contributed by atoms with E-state index < -0.39 is 0 Å². The minimum atomic E-state index is 0.152. The van der Waals surface area contributed by atoms with Crippen molar-refractivity contribution in [2.24, 2.45) is 0 Å². The zero-order valence-corrected chi connectivity index (χ0v) is 16.2. The SMILES string of the molecule is CCN(Cc1cccc2c1OCCO2)C(=O)CSCc1cccc(C)c1. The molecule has 0 spiro atoms. The van der Waals surface area contributed by atoms with Gasteiger partial charge in [0, 0.05) is 24.4 Å². The number of hydrogen-bond acceptors (Lipinski definition) is 4. The molecular formula is C21H25NO3S. The Balaban J connectivity index is 1.57. The number of amides is 1. The normalized spacial score (nSPS) is 12.7. The molecule has 26 heavy (non-hydrogen) atoms. The van der Waals surface area contributed by atoms with E-state index in [0.717, 1.165) is 22.8 Å². The molecule has 3 rings (SSSR count). The van der Waals surface area contributed by atoms with Crippen molar-refractivity contribution >= 4 is 17.7 Å². The maximum absolute atomic E-state index is 12.6. The number of ether oxygens (including phenoxy) is 2. The summed E-state index contributed by atoms with van der Waals surface area (Å²) in [6.45, 7) is 6.44. The van der Waals surface area contributed by atoms with Crippen molar-refractivity contribution in [3.63, 3.8) is 0 Å². The van der Waals surface area contributed by atoms with Crippen LogP contribution in [0.1, 0.15) is 23.6 Å². The lowest BCUT2D eigenvalue weighted by Crippen LogP contribution is -2.32. The quantitative estimate of drug-likeness (QED) is 0.736. The maximum Gasteiger partial charge on any atom is 0.232 e. The largest absolute Gasteiger partial charge is 0.486 e. The number of nitrogens with zero attached hydrogens (tertiary/aromatic N) is 1. The van der Waals surface area contributed by atoms with Gasteiger partial charge >= 0.3 is 0 Å². The van der Waals surface area contributed by atoms with Gasteiger partial charge in [-0.3, -0.25) is 4.79 Å². The molecule has 0 N–H and O–H groups in total. The molecule has 1 aliphatic rings. The number of carbonyl (C=O) groups excluding carboxylic acids is 1. The van der Waals surface area contributed by atoms with Crippen molar-refractivity contribution < 1.29 is 14.3 Å². The summed E-state index contributed by atoms with van der Waals surface area (Å²) in [6.07, 6.45) is 0. The Kier molecular flexibility index (Phi) is 6.45. The number of hydrogen-bond donors (Lipinski definition) is 0. The zero-order chi connectivity index (χ0) is 18.4. The molecule has 0 aliphatic carbocycles. The van der Waals surface area contributed by atoms with Crippen LogP contribution in [-0.2, 0) is 17.1 Å². The molecule has 1 heterocycles. The molecule has 1 amide bonds. The summed E-state index contributed by atoms with van der Waals surface area (Å²) >= 11 is 1.66. The Morgan fingerprint density at radius 1 is 1.15 bits per heavy atom. The molecule has 2 aromatic rings. The van der Waals surface area contributed by atoms with Gasteiger partial charge in [-0.15, -0.1) is 11.8 Å². The predicted octanol–water partition coefficient (Wildman–Crippen LogP) is 4.05. The minimum Gasteiger partial charge on any atom is -0.486 e. The highest BCUT2D eigenvalue weighted by Crippen LogP contribution is 2.34. The van der Waals surface area contributed by atoms with Crippen molar-refractivity contribution in [1.82, 2.24) is 4.90 Å². The summed E-state index contributed by atoms with van der Waals surface area (Å²) in [5, 5.41) is 0. The topological polar surface area (TPSA) is 38.8 Å². The fourth-order valence-electron chi connectivity index (χ4n) is 2.99. The fourth-order valence-corrected chi connectivity index (χ4v) is 3.86. The van der Waals surface area contributed by atoms with E-state index in [1.807, 2.05) is 30.0 Å². The molecule has 0 unspecified atom stereocenters. The third-order valence-electron chi connectivity index (χ3n) is 4.32. The van der Waals surface area contributed by atoms with E-state index in [1.54, 1.807) is 11.8 Å². The average Bonchev–Trinajstić information content (AvgIpc) is 2.66. The van der Waals surface area contributed by atoms with Crippen LogP contribution in [0.4, 0.5) is 0 Å². The number of fused-ring (bicyclic) bond motifs is 1. The lowest BCUT2D eigenvalue weighted by Gasteiger charge is -2.25. The molecule has 0 aromatic heterocycles. The second kappa shape index (κ2) is 8.99. The van der Waals surface area contributed by atoms with E-state index in [2.05, 4.69) is 31.2 Å². The average molecular weight is 372 g/mol. The summed E-state index contributed by atoms with van der Waals surface area (Å²) in [5.74, 6) is 3.03. The van der Waals surface area contributed by atoms with Crippen molar-refractivity contribution in [2.75, 3.05) is 25.5 Å². The number of thioether (sulfide) groups is 1. The standard InChI is InChI=1S/C21H25NO3S/c1-3-22(13-18-8-5-9-19-21(18)25-11-10-24-19)20(23)15-26-14-17-7-4-6-16(2)12-17/h4-9,12H,3,10-11,13-15H2,1-2H3. The number of carbonyl (C=O) groups is 1. The number of para-hydroxylation sites is 1. The molecule has 0 saturated heterocycles. The summed E-state index contributed by atoms with van der Waals surface area (Å²) in [5.41, 5.74) is 3.51. The lowest BCUT2D eigenvalue weighted by molar-refractivity contribution is -0.128. The lowest BCUT2D eigenvalue weighted by atomic mass is 10.1. The first kappa shape index (κ1) is 18.6. The number of rotatable bonds is 7. The van der Waals surface area contributed by atoms with Gasteiger partial charge in [0.25, 0.3) is 0 Å². The first-order valence-electron chi connectivity index (χ1n) is 8.96. The molecule has 2 aromatic carbocycles. The molecule has 5 heteroatoms. The van der Waals surface area contributed by atoms with Gasteiger partial charge in [-0.1, -0.05) is 42.0 Å². The Morgan fingerprint density at radius 2 is 1.96 bits per heavy atom. The van der Waals surface area contributed by atoms with Crippen LogP contribution >= 0.6 is 11.8 Å². The third-order valence-corrected chi connectivity index (χ3v) is 5.31. The van der Waals surface area contributed by atoms with Crippen LogP contribution in [0.5, 0.6) is 11.5 Å². The molecule has 0 atom stereocenters. The van der Waals surface area contributed by atoms with Crippen molar-refractivity contribution in [3.8, 4) is 11.5 Å². The molecular weight excluding hydrogens is 346 g/mol. The number of aryl methyl sites for hydroxylation is 1. The Bertz CT molecular complexity index is 763. The van der Waals surface area contributed by atoms with E-state index in [1.165, 1.54) is 11.1 Å². The van der Waals surface area contributed by atoms with Gasteiger partial charge in [0.2, 0.25) is 5.91 Å².